The summed E-state index contributed by atoms with van der Waals surface area (Å²) < 4.78 is 0. The summed E-state index contributed by atoms with van der Waals surface area (Å²) >= 11 is 0. The molecule has 112 valence electrons. The van der Waals surface area contributed by atoms with Gasteiger partial charge in [-0.3, -0.25) is 0 Å². The topological polar surface area (TPSA) is 140 Å². The van der Waals surface area contributed by atoms with E-state index in [0.717, 1.165) is 0 Å². The lowest BCUT2D eigenvalue weighted by atomic mass is 10.0. The molecule has 0 amide bonds. The number of nitrogens with zero attached hydrogens (tertiary/aromatic N) is 2. The summed E-state index contributed by atoms with van der Waals surface area (Å²) in [7, 11) is 0. The zero-order valence-corrected chi connectivity index (χ0v) is 11.0. The smallest absolute Gasteiger partial charge is 0.340 e. The van der Waals surface area contributed by atoms with Gasteiger partial charge in [-0.1, -0.05) is 18.2 Å². The number of phenols is 2. The zero-order chi connectivity index (χ0) is 16.3. The third-order valence-electron chi connectivity index (χ3n) is 2.72. The van der Waals surface area contributed by atoms with E-state index in [1.165, 1.54) is 0 Å². The molecule has 8 nitrogen and oxygen atoms in total. The Morgan fingerprint density at radius 1 is 0.909 bits per heavy atom. The Bertz CT molecular complexity index is 771. The molecular formula is C14H10N2O6. The molecule has 0 aliphatic heterocycles. The van der Waals surface area contributed by atoms with Crippen LogP contribution in [0.25, 0.3) is 0 Å². The maximum absolute atomic E-state index is 11.1. The summed E-state index contributed by atoms with van der Waals surface area (Å²) in [6, 6.07) is 9.01. The SMILES string of the molecule is O=C(O)c1cc(O)c(N=Nc2ccccc2)c(O)c1C(=O)O. The van der Waals surface area contributed by atoms with Crippen LogP contribution >= 0.6 is 0 Å². The molecule has 2 aromatic carbocycles. The highest BCUT2D eigenvalue weighted by Crippen LogP contribution is 2.41. The standard InChI is InChI=1S/C14H10N2O6/c17-9-6-8(13(19)20)10(14(21)22)12(18)11(9)16-15-7-4-2-1-3-5-7/h1-6,17-18H,(H,19,20)(H,21,22). The van der Waals surface area contributed by atoms with Crippen molar-refractivity contribution in [2.24, 2.45) is 10.2 Å². The third kappa shape index (κ3) is 2.85. The molecule has 2 aromatic rings. The Hall–Kier alpha value is -3.42. The molecule has 8 heteroatoms. The molecule has 0 atom stereocenters. The van der Waals surface area contributed by atoms with Gasteiger partial charge in [-0.2, -0.15) is 5.11 Å². The Morgan fingerprint density at radius 3 is 2.09 bits per heavy atom. The lowest BCUT2D eigenvalue weighted by Crippen LogP contribution is -2.08. The van der Waals surface area contributed by atoms with Gasteiger partial charge in [0.25, 0.3) is 0 Å². The first-order valence-electron chi connectivity index (χ1n) is 5.94. The highest BCUT2D eigenvalue weighted by Gasteiger charge is 2.26. The van der Waals surface area contributed by atoms with Crippen molar-refractivity contribution >= 4 is 23.3 Å². The second-order valence-electron chi connectivity index (χ2n) is 4.16. The van der Waals surface area contributed by atoms with Crippen molar-refractivity contribution in [1.82, 2.24) is 0 Å². The normalized spacial score (nSPS) is 10.7. The van der Waals surface area contributed by atoms with Gasteiger partial charge >= 0.3 is 11.9 Å². The molecule has 0 aliphatic rings. The van der Waals surface area contributed by atoms with Gasteiger partial charge in [0.2, 0.25) is 0 Å². The minimum absolute atomic E-state index is 0.403. The fourth-order valence-electron chi connectivity index (χ4n) is 1.73. The van der Waals surface area contributed by atoms with Gasteiger partial charge in [-0.05, 0) is 18.2 Å². The average molecular weight is 302 g/mol. The van der Waals surface area contributed by atoms with Crippen molar-refractivity contribution in [2.75, 3.05) is 0 Å². The van der Waals surface area contributed by atoms with Crippen molar-refractivity contribution in [1.29, 1.82) is 0 Å². The van der Waals surface area contributed by atoms with Crippen LogP contribution in [-0.4, -0.2) is 32.4 Å². The predicted octanol–water partition coefficient (Wildman–Crippen LogP) is 2.91. The molecule has 0 radical (unpaired) electrons. The van der Waals surface area contributed by atoms with Crippen LogP contribution in [0.2, 0.25) is 0 Å². The maximum Gasteiger partial charge on any atom is 0.340 e. The number of hydrogen-bond donors (Lipinski definition) is 4. The average Bonchev–Trinajstić information content (AvgIpc) is 2.46. The van der Waals surface area contributed by atoms with E-state index in [0.29, 0.717) is 11.8 Å². The second-order valence-corrected chi connectivity index (χ2v) is 4.16. The van der Waals surface area contributed by atoms with Gasteiger partial charge in [-0.25, -0.2) is 9.59 Å². The van der Waals surface area contributed by atoms with E-state index in [1.807, 2.05) is 0 Å². The summed E-state index contributed by atoms with van der Waals surface area (Å²) in [5, 5.41) is 44.9. The molecule has 0 aliphatic carbocycles. The number of carboxylic acid groups (broad SMARTS) is 2. The van der Waals surface area contributed by atoms with Crippen molar-refractivity contribution < 1.29 is 30.0 Å². The minimum atomic E-state index is -1.66. The fraction of sp³-hybridized carbons (Fsp3) is 0. The number of rotatable bonds is 4. The van der Waals surface area contributed by atoms with Crippen LogP contribution in [0, 0.1) is 0 Å². The van der Waals surface area contributed by atoms with Crippen LogP contribution in [0.1, 0.15) is 20.7 Å². The van der Waals surface area contributed by atoms with Crippen LogP contribution in [0.3, 0.4) is 0 Å². The maximum atomic E-state index is 11.1. The minimum Gasteiger partial charge on any atom is -0.505 e. The monoisotopic (exact) mass is 302 g/mol. The largest absolute Gasteiger partial charge is 0.505 e. The second kappa shape index (κ2) is 5.92. The summed E-state index contributed by atoms with van der Waals surface area (Å²) in [5.74, 6) is -4.93. The van der Waals surface area contributed by atoms with Gasteiger partial charge in [0, 0.05) is 0 Å². The van der Waals surface area contributed by atoms with Crippen molar-refractivity contribution in [3.05, 3.63) is 47.5 Å². The molecule has 0 heterocycles. The Labute approximate surface area is 123 Å². The molecule has 0 unspecified atom stereocenters. The molecule has 2 rings (SSSR count). The van der Waals surface area contributed by atoms with Gasteiger partial charge in [-0.15, -0.1) is 5.11 Å². The molecule has 0 fully saturated rings. The van der Waals surface area contributed by atoms with Crippen molar-refractivity contribution in [3.8, 4) is 11.5 Å². The molecule has 22 heavy (non-hydrogen) atoms. The number of phenolic OH excluding ortho intramolecular Hbond substituents is 1. The van der Waals surface area contributed by atoms with Gasteiger partial charge in [0.1, 0.15) is 11.3 Å². The number of hydrogen-bond acceptors (Lipinski definition) is 6. The van der Waals surface area contributed by atoms with Crippen molar-refractivity contribution in [2.45, 2.75) is 0 Å². The Balaban J connectivity index is 2.58. The van der Waals surface area contributed by atoms with E-state index in [2.05, 4.69) is 10.2 Å². The number of benzene rings is 2. The van der Waals surface area contributed by atoms with E-state index in [9.17, 15) is 19.8 Å². The first-order chi connectivity index (χ1) is 10.4. The highest BCUT2D eigenvalue weighted by atomic mass is 16.4. The number of carboxylic acids is 2. The highest BCUT2D eigenvalue weighted by molar-refractivity contribution is 6.05. The quantitative estimate of drug-likeness (QED) is 0.640. The number of azo groups is 1. The summed E-state index contributed by atoms with van der Waals surface area (Å²) in [5.41, 5.74) is -1.74. The van der Waals surface area contributed by atoms with E-state index >= 15 is 0 Å². The molecule has 0 aromatic heterocycles. The van der Waals surface area contributed by atoms with Crippen LogP contribution in [0.4, 0.5) is 11.4 Å². The van der Waals surface area contributed by atoms with Gasteiger partial charge in [0.05, 0.1) is 11.3 Å². The Kier molecular flexibility index (Phi) is 4.03. The summed E-state index contributed by atoms with van der Waals surface area (Å²) in [4.78, 5) is 22.1. The van der Waals surface area contributed by atoms with Crippen molar-refractivity contribution in [3.63, 3.8) is 0 Å². The van der Waals surface area contributed by atoms with E-state index in [1.54, 1.807) is 30.3 Å². The van der Waals surface area contributed by atoms with Crippen LogP contribution < -0.4 is 0 Å². The summed E-state index contributed by atoms with van der Waals surface area (Å²) in [6.07, 6.45) is 0. The lowest BCUT2D eigenvalue weighted by Gasteiger charge is -2.08. The third-order valence-corrected chi connectivity index (χ3v) is 2.72. The van der Waals surface area contributed by atoms with Crippen LogP contribution in [0.15, 0.2) is 46.6 Å². The number of carbonyl (C=O) groups is 2. The van der Waals surface area contributed by atoms with E-state index in [4.69, 9.17) is 10.2 Å². The summed E-state index contributed by atoms with van der Waals surface area (Å²) in [6.45, 7) is 0. The molecule has 0 saturated carbocycles. The molecular weight excluding hydrogens is 292 g/mol. The number of aromatic carboxylic acids is 2. The number of aromatic hydroxyl groups is 2. The first-order valence-corrected chi connectivity index (χ1v) is 5.94. The first kappa shape index (κ1) is 15.0. The Morgan fingerprint density at radius 2 is 1.55 bits per heavy atom. The lowest BCUT2D eigenvalue weighted by molar-refractivity contribution is 0.0648. The van der Waals surface area contributed by atoms with E-state index < -0.39 is 40.3 Å². The molecule has 0 saturated heterocycles. The molecule has 4 N–H and O–H groups in total. The molecule has 0 bridgehead atoms. The molecule has 0 spiro atoms. The predicted molar refractivity (Wildman–Crippen MR) is 74.3 cm³/mol. The van der Waals surface area contributed by atoms with Crippen LogP contribution in [-0.2, 0) is 0 Å². The van der Waals surface area contributed by atoms with Crippen LogP contribution in [0.5, 0.6) is 11.5 Å². The van der Waals surface area contributed by atoms with Gasteiger partial charge in [0.15, 0.2) is 11.4 Å². The zero-order valence-electron chi connectivity index (χ0n) is 11.0. The van der Waals surface area contributed by atoms with Gasteiger partial charge < -0.3 is 20.4 Å². The fourth-order valence-corrected chi connectivity index (χ4v) is 1.73. The van der Waals surface area contributed by atoms with E-state index in [-0.39, 0.29) is 0 Å².